The lowest BCUT2D eigenvalue weighted by molar-refractivity contribution is -0.120. The third-order valence-electron chi connectivity index (χ3n) is 3.53. The van der Waals surface area contributed by atoms with Crippen LogP contribution >= 0.6 is 34.8 Å². The van der Waals surface area contributed by atoms with Crippen molar-refractivity contribution in [3.63, 3.8) is 0 Å². The highest BCUT2D eigenvalue weighted by atomic mass is 35.6. The van der Waals surface area contributed by atoms with Crippen LogP contribution in [0.5, 0.6) is 5.75 Å². The molecule has 3 N–H and O–H groups in total. The molecule has 11 heteroatoms. The highest BCUT2D eigenvalue weighted by Crippen LogP contribution is 2.26. The number of alkyl halides is 3. The molecule has 1 atom stereocenters. The van der Waals surface area contributed by atoms with E-state index in [0.717, 1.165) is 5.56 Å². The van der Waals surface area contributed by atoms with Gasteiger partial charge < -0.3 is 25.3 Å². The van der Waals surface area contributed by atoms with Gasteiger partial charge in [-0.1, -0.05) is 77.3 Å². The Morgan fingerprint density at radius 1 is 0.967 bits per heavy atom. The van der Waals surface area contributed by atoms with Gasteiger partial charge in [-0.05, 0) is 23.3 Å². The molecule has 0 saturated carbocycles. The molecular weight excluding hydrogens is 459 g/mol. The van der Waals surface area contributed by atoms with Gasteiger partial charge in [0.1, 0.15) is 25.0 Å². The van der Waals surface area contributed by atoms with Crippen molar-refractivity contribution in [3.05, 3.63) is 65.7 Å². The quantitative estimate of drug-likeness (QED) is 0.355. The first kappa shape index (κ1) is 23.6. The number of primary amides is 1. The van der Waals surface area contributed by atoms with Gasteiger partial charge in [-0.3, -0.25) is 4.79 Å². The number of halogens is 3. The van der Waals surface area contributed by atoms with Crippen LogP contribution in [0.4, 0.5) is 9.59 Å². The van der Waals surface area contributed by atoms with Crippen LogP contribution in [-0.2, 0) is 20.9 Å². The Morgan fingerprint density at radius 2 is 1.60 bits per heavy atom. The molecule has 0 heterocycles. The Bertz CT molecular complexity index is 872. The molecule has 0 bridgehead atoms. The molecule has 0 radical (unpaired) electrons. The SMILES string of the molecule is NC(=O)C(NC(=O)OCC(Cl)(Cl)Cl)c1ccc(OC(=O)OCc2ccccc2)cc1. The van der Waals surface area contributed by atoms with Gasteiger partial charge in [0.15, 0.2) is 0 Å². The number of carbonyl (C=O) groups excluding carboxylic acids is 3. The van der Waals surface area contributed by atoms with Gasteiger partial charge in [0.05, 0.1) is 0 Å². The van der Waals surface area contributed by atoms with E-state index in [1.807, 2.05) is 18.2 Å². The molecular formula is C19H17Cl3N2O6. The van der Waals surface area contributed by atoms with Crippen molar-refractivity contribution in [2.24, 2.45) is 5.73 Å². The maximum Gasteiger partial charge on any atom is 0.514 e. The van der Waals surface area contributed by atoms with E-state index in [9.17, 15) is 14.4 Å². The summed E-state index contributed by atoms with van der Waals surface area (Å²) in [6.07, 6.45) is -1.90. The molecule has 1 unspecified atom stereocenters. The maximum absolute atomic E-state index is 11.8. The number of benzene rings is 2. The first-order chi connectivity index (χ1) is 14.1. The number of hydrogen-bond acceptors (Lipinski definition) is 6. The third kappa shape index (κ3) is 8.36. The summed E-state index contributed by atoms with van der Waals surface area (Å²) in [5, 5.41) is 2.26. The highest BCUT2D eigenvalue weighted by Gasteiger charge is 2.25. The number of ether oxygens (including phenoxy) is 3. The van der Waals surface area contributed by atoms with Gasteiger partial charge in [0.2, 0.25) is 9.70 Å². The largest absolute Gasteiger partial charge is 0.514 e. The van der Waals surface area contributed by atoms with Gasteiger partial charge in [-0.15, -0.1) is 0 Å². The summed E-state index contributed by atoms with van der Waals surface area (Å²) in [5.41, 5.74) is 6.44. The Morgan fingerprint density at radius 3 is 2.17 bits per heavy atom. The standard InChI is InChI=1S/C19H17Cl3N2O6/c20-19(21,22)11-29-17(26)24-15(16(23)25)13-6-8-14(9-7-13)30-18(27)28-10-12-4-2-1-3-5-12/h1-9,15H,10-11H2,(H2,23,25)(H,24,26). The number of carbonyl (C=O) groups is 3. The molecule has 0 aliphatic heterocycles. The monoisotopic (exact) mass is 474 g/mol. The van der Waals surface area contributed by atoms with Gasteiger partial charge in [-0.25, -0.2) is 9.59 Å². The third-order valence-corrected chi connectivity index (χ3v) is 3.86. The second-order valence-electron chi connectivity index (χ2n) is 5.87. The highest BCUT2D eigenvalue weighted by molar-refractivity contribution is 6.67. The number of nitrogens with one attached hydrogen (secondary N) is 1. The summed E-state index contributed by atoms with van der Waals surface area (Å²) >= 11 is 16.5. The van der Waals surface area contributed by atoms with E-state index in [-0.39, 0.29) is 12.4 Å². The minimum absolute atomic E-state index is 0.0573. The summed E-state index contributed by atoms with van der Waals surface area (Å²) in [7, 11) is 0. The molecule has 2 amide bonds. The number of amides is 2. The van der Waals surface area contributed by atoms with Crippen LogP contribution in [0.2, 0.25) is 0 Å². The first-order valence-electron chi connectivity index (χ1n) is 8.42. The lowest BCUT2D eigenvalue weighted by atomic mass is 10.1. The van der Waals surface area contributed by atoms with E-state index in [0.29, 0.717) is 5.56 Å². The van der Waals surface area contributed by atoms with Crippen molar-refractivity contribution in [1.29, 1.82) is 0 Å². The topological polar surface area (TPSA) is 117 Å². The van der Waals surface area contributed by atoms with E-state index in [1.165, 1.54) is 24.3 Å². The van der Waals surface area contributed by atoms with E-state index in [4.69, 9.17) is 54.7 Å². The van der Waals surface area contributed by atoms with Crippen LogP contribution in [0.1, 0.15) is 17.2 Å². The van der Waals surface area contributed by atoms with Crippen LogP contribution in [-0.4, -0.2) is 28.6 Å². The van der Waals surface area contributed by atoms with Gasteiger partial charge >= 0.3 is 12.2 Å². The van der Waals surface area contributed by atoms with Crippen LogP contribution in [0.15, 0.2) is 54.6 Å². The van der Waals surface area contributed by atoms with Gasteiger partial charge in [0.25, 0.3) is 0 Å². The van der Waals surface area contributed by atoms with Crippen molar-refractivity contribution in [3.8, 4) is 5.75 Å². The van der Waals surface area contributed by atoms with E-state index < -0.39 is 34.6 Å². The van der Waals surface area contributed by atoms with Gasteiger partial charge in [-0.2, -0.15) is 0 Å². The zero-order valence-corrected chi connectivity index (χ0v) is 17.6. The lowest BCUT2D eigenvalue weighted by Gasteiger charge is -2.17. The first-order valence-corrected chi connectivity index (χ1v) is 9.55. The fraction of sp³-hybridized carbons (Fsp3) is 0.211. The number of nitrogens with two attached hydrogens (primary N) is 1. The van der Waals surface area contributed by atoms with Crippen molar-refractivity contribution in [2.45, 2.75) is 16.4 Å². The minimum atomic E-state index is -1.80. The molecule has 2 aromatic rings. The van der Waals surface area contributed by atoms with Crippen molar-refractivity contribution >= 4 is 53.0 Å². The second kappa shape index (κ2) is 10.9. The molecule has 8 nitrogen and oxygen atoms in total. The minimum Gasteiger partial charge on any atom is -0.445 e. The summed E-state index contributed by atoms with van der Waals surface area (Å²) in [4.78, 5) is 35.3. The zero-order valence-electron chi connectivity index (χ0n) is 15.3. The number of hydrogen-bond donors (Lipinski definition) is 2. The zero-order chi connectivity index (χ0) is 22.1. The maximum atomic E-state index is 11.8. The molecule has 0 saturated heterocycles. The smallest absolute Gasteiger partial charge is 0.445 e. The summed E-state index contributed by atoms with van der Waals surface area (Å²) in [6, 6.07) is 13.6. The second-order valence-corrected chi connectivity index (χ2v) is 8.38. The molecule has 30 heavy (non-hydrogen) atoms. The molecule has 0 fully saturated rings. The number of rotatable bonds is 7. The van der Waals surface area contributed by atoms with Crippen molar-refractivity contribution in [1.82, 2.24) is 5.32 Å². The van der Waals surface area contributed by atoms with Crippen molar-refractivity contribution in [2.75, 3.05) is 6.61 Å². The average molecular weight is 476 g/mol. The Labute approximate surface area is 187 Å². The molecule has 0 aliphatic carbocycles. The molecule has 2 aromatic carbocycles. The van der Waals surface area contributed by atoms with Crippen LogP contribution < -0.4 is 15.8 Å². The fourth-order valence-corrected chi connectivity index (χ4v) is 2.36. The normalized spacial score (nSPS) is 11.8. The van der Waals surface area contributed by atoms with E-state index in [1.54, 1.807) is 12.1 Å². The van der Waals surface area contributed by atoms with Gasteiger partial charge in [0, 0.05) is 0 Å². The molecule has 0 aromatic heterocycles. The van der Waals surface area contributed by atoms with Crippen molar-refractivity contribution < 1.29 is 28.6 Å². The van der Waals surface area contributed by atoms with Crippen LogP contribution in [0, 0.1) is 0 Å². The van der Waals surface area contributed by atoms with Crippen LogP contribution in [0.3, 0.4) is 0 Å². The lowest BCUT2D eigenvalue weighted by Crippen LogP contribution is -2.38. The molecule has 0 spiro atoms. The summed E-state index contributed by atoms with van der Waals surface area (Å²) in [6.45, 7) is -0.464. The van der Waals surface area contributed by atoms with E-state index >= 15 is 0 Å². The molecule has 0 aliphatic rings. The Hall–Kier alpha value is -2.68. The number of alkyl carbamates (subject to hydrolysis) is 1. The predicted octanol–water partition coefficient (Wildman–Crippen LogP) is 4.03. The van der Waals surface area contributed by atoms with Crippen LogP contribution in [0.25, 0.3) is 0 Å². The average Bonchev–Trinajstić information content (AvgIpc) is 2.70. The summed E-state index contributed by atoms with van der Waals surface area (Å²) < 4.78 is 13.0. The summed E-state index contributed by atoms with van der Waals surface area (Å²) in [5.74, 6) is -0.685. The fourth-order valence-electron chi connectivity index (χ4n) is 2.20. The predicted molar refractivity (Wildman–Crippen MR) is 110 cm³/mol. The van der Waals surface area contributed by atoms with E-state index in [2.05, 4.69) is 5.32 Å². The Kier molecular flexibility index (Phi) is 8.58. The Balaban J connectivity index is 1.92. The molecule has 160 valence electrons. The molecule has 2 rings (SSSR count).